The summed E-state index contributed by atoms with van der Waals surface area (Å²) in [5, 5.41) is 10.4. The van der Waals surface area contributed by atoms with Crippen molar-refractivity contribution < 1.29 is 24.2 Å². The Balaban J connectivity index is 1.37. The maximum Gasteiger partial charge on any atom is 0.323 e. The second kappa shape index (κ2) is 18.8. The predicted molar refractivity (Wildman–Crippen MR) is 194 cm³/mol. The number of hydrogen-bond donors (Lipinski definition) is 1. The summed E-state index contributed by atoms with van der Waals surface area (Å²) in [5.41, 5.74) is 3.69. The van der Waals surface area contributed by atoms with E-state index in [1.165, 1.54) is 82.6 Å². The van der Waals surface area contributed by atoms with E-state index in [0.717, 1.165) is 36.0 Å². The minimum atomic E-state index is -1.13. The first-order chi connectivity index (χ1) is 22.3. The molecule has 0 saturated carbocycles. The molecule has 0 fully saturated rings. The van der Waals surface area contributed by atoms with E-state index >= 15 is 0 Å². The Morgan fingerprint density at radius 2 is 1.28 bits per heavy atom. The van der Waals surface area contributed by atoms with E-state index in [-0.39, 0.29) is 29.2 Å². The topological polar surface area (TPSA) is 72.8 Å². The molecule has 0 bridgehead atoms. The second-order valence-electron chi connectivity index (χ2n) is 15.9. The largest absolute Gasteiger partial charge is 0.490 e. The second-order valence-corrected chi connectivity index (χ2v) is 15.9. The quantitative estimate of drug-likeness (QED) is 0.0828. The lowest BCUT2D eigenvalue weighted by atomic mass is 9.77. The zero-order valence-electron chi connectivity index (χ0n) is 30.7. The van der Waals surface area contributed by atoms with Crippen molar-refractivity contribution in [2.45, 2.75) is 174 Å². The first-order valence-corrected chi connectivity index (χ1v) is 18.7. The molecular weight excluding hydrogens is 584 g/mol. The minimum Gasteiger partial charge on any atom is -0.490 e. The summed E-state index contributed by atoms with van der Waals surface area (Å²) in [4.78, 5) is 25.7. The molecule has 1 aliphatic rings. The van der Waals surface area contributed by atoms with Crippen molar-refractivity contribution in [1.29, 1.82) is 0 Å². The van der Waals surface area contributed by atoms with Gasteiger partial charge in [-0.1, -0.05) is 163 Å². The summed E-state index contributed by atoms with van der Waals surface area (Å²) in [7, 11) is 0. The minimum absolute atomic E-state index is 0.0743. The molecule has 5 heteroatoms. The van der Waals surface area contributed by atoms with Crippen LogP contribution in [0.15, 0.2) is 36.4 Å². The first-order valence-electron chi connectivity index (χ1n) is 18.7. The molecule has 2 atom stereocenters. The standard InChI is InChI=1S/C42H64O5/c1-8-9-10-11-12-13-14-15-16-17-18-19-20-21-22-23-36(43)37(44)30-46-33-26-24-31(25-27-33)38-34-28-32(41(2,3)4)29-35(42(5,6)7)39(34)47-40(38)45/h24-29,37-38,44H,8-23,30H2,1-7H3. The van der Waals surface area contributed by atoms with E-state index in [9.17, 15) is 14.7 Å². The number of fused-ring (bicyclic) bond motifs is 1. The molecule has 0 radical (unpaired) electrons. The number of benzene rings is 2. The van der Waals surface area contributed by atoms with Gasteiger partial charge < -0.3 is 14.6 Å². The molecule has 47 heavy (non-hydrogen) atoms. The Morgan fingerprint density at radius 3 is 1.77 bits per heavy atom. The fourth-order valence-corrected chi connectivity index (χ4v) is 6.43. The van der Waals surface area contributed by atoms with Crippen LogP contribution >= 0.6 is 0 Å². The van der Waals surface area contributed by atoms with Gasteiger partial charge in [-0.25, -0.2) is 0 Å². The van der Waals surface area contributed by atoms with Crippen molar-refractivity contribution in [3.05, 3.63) is 58.7 Å². The molecule has 0 amide bonds. The predicted octanol–water partition coefficient (Wildman–Crippen LogP) is 10.9. The maximum absolute atomic E-state index is 13.2. The van der Waals surface area contributed by atoms with Gasteiger partial charge in [0.1, 0.15) is 30.1 Å². The van der Waals surface area contributed by atoms with Gasteiger partial charge in [-0.3, -0.25) is 9.59 Å². The van der Waals surface area contributed by atoms with Crippen LogP contribution < -0.4 is 9.47 Å². The molecule has 2 unspecified atom stereocenters. The van der Waals surface area contributed by atoms with Crippen molar-refractivity contribution >= 4 is 11.8 Å². The van der Waals surface area contributed by atoms with E-state index < -0.39 is 12.0 Å². The summed E-state index contributed by atoms with van der Waals surface area (Å²) in [5.74, 6) is 0.287. The number of aliphatic hydroxyl groups is 1. The number of ketones is 1. The van der Waals surface area contributed by atoms with E-state index in [0.29, 0.717) is 17.9 Å². The Kier molecular flexibility index (Phi) is 15.5. The molecule has 1 heterocycles. The van der Waals surface area contributed by atoms with Crippen LogP contribution in [0.4, 0.5) is 0 Å². The third kappa shape index (κ3) is 12.4. The Labute approximate surface area is 286 Å². The fraction of sp³-hybridized carbons (Fsp3) is 0.667. The number of hydrogen-bond acceptors (Lipinski definition) is 5. The Morgan fingerprint density at radius 1 is 0.766 bits per heavy atom. The van der Waals surface area contributed by atoms with Crippen molar-refractivity contribution in [3.8, 4) is 11.5 Å². The van der Waals surface area contributed by atoms with E-state index in [1.54, 1.807) is 12.1 Å². The van der Waals surface area contributed by atoms with Crippen LogP contribution in [0.3, 0.4) is 0 Å². The van der Waals surface area contributed by atoms with Gasteiger partial charge >= 0.3 is 5.97 Å². The number of carbonyl (C=O) groups is 2. The van der Waals surface area contributed by atoms with Crippen LogP contribution in [-0.2, 0) is 20.4 Å². The lowest BCUT2D eigenvalue weighted by molar-refractivity contribution is -0.133. The zero-order chi connectivity index (χ0) is 34.5. The van der Waals surface area contributed by atoms with Crippen LogP contribution in [0.5, 0.6) is 11.5 Å². The van der Waals surface area contributed by atoms with Crippen molar-refractivity contribution in [2.75, 3.05) is 6.61 Å². The van der Waals surface area contributed by atoms with Crippen LogP contribution in [0.1, 0.15) is 179 Å². The molecule has 0 aliphatic carbocycles. The summed E-state index contributed by atoms with van der Waals surface area (Å²) >= 11 is 0. The van der Waals surface area contributed by atoms with Gasteiger partial charge in [0.2, 0.25) is 0 Å². The molecule has 1 N–H and O–H groups in total. The van der Waals surface area contributed by atoms with Gasteiger partial charge in [0.15, 0.2) is 5.78 Å². The number of aliphatic hydroxyl groups excluding tert-OH is 1. The lowest BCUT2D eigenvalue weighted by Gasteiger charge is -2.27. The molecule has 0 aromatic heterocycles. The van der Waals surface area contributed by atoms with Crippen LogP contribution in [0, 0.1) is 0 Å². The summed E-state index contributed by atoms with van der Waals surface area (Å²) in [6, 6.07) is 11.6. The van der Waals surface area contributed by atoms with Gasteiger partial charge in [-0.15, -0.1) is 0 Å². The van der Waals surface area contributed by atoms with Crippen LogP contribution in [0.25, 0.3) is 0 Å². The third-order valence-electron chi connectivity index (χ3n) is 9.56. The average Bonchev–Trinajstić information content (AvgIpc) is 3.35. The van der Waals surface area contributed by atoms with Gasteiger partial charge in [-0.2, -0.15) is 0 Å². The molecule has 262 valence electrons. The molecule has 0 spiro atoms. The molecule has 1 aliphatic heterocycles. The summed E-state index contributed by atoms with van der Waals surface area (Å²) in [6.07, 6.45) is 18.5. The average molecular weight is 649 g/mol. The summed E-state index contributed by atoms with van der Waals surface area (Å²) < 4.78 is 11.7. The van der Waals surface area contributed by atoms with E-state index in [2.05, 4.69) is 60.6 Å². The lowest BCUT2D eigenvalue weighted by Crippen LogP contribution is -2.27. The number of unbranched alkanes of at least 4 members (excludes halogenated alkanes) is 14. The SMILES string of the molecule is CCCCCCCCCCCCCCCCCC(=O)C(O)COc1ccc(C2C(=O)Oc3c2cc(C(C)(C)C)cc3C(C)(C)C)cc1. The molecule has 2 aromatic carbocycles. The molecular formula is C42H64O5. The monoisotopic (exact) mass is 648 g/mol. The first kappa shape index (κ1) is 38.8. The highest BCUT2D eigenvalue weighted by Gasteiger charge is 2.39. The fourth-order valence-electron chi connectivity index (χ4n) is 6.43. The van der Waals surface area contributed by atoms with Crippen LogP contribution in [-0.4, -0.2) is 29.6 Å². The van der Waals surface area contributed by atoms with Crippen molar-refractivity contribution in [3.63, 3.8) is 0 Å². The number of rotatable bonds is 21. The smallest absolute Gasteiger partial charge is 0.323 e. The van der Waals surface area contributed by atoms with Gasteiger partial charge in [-0.05, 0) is 40.5 Å². The van der Waals surface area contributed by atoms with Gasteiger partial charge in [0.25, 0.3) is 0 Å². The van der Waals surface area contributed by atoms with Crippen molar-refractivity contribution in [1.82, 2.24) is 0 Å². The number of ether oxygens (including phenoxy) is 2. The highest BCUT2D eigenvalue weighted by Crippen LogP contribution is 2.47. The highest BCUT2D eigenvalue weighted by atomic mass is 16.5. The number of Topliss-reactive ketones (excluding diaryl/α,β-unsaturated/α-hetero) is 1. The highest BCUT2D eigenvalue weighted by molar-refractivity contribution is 5.90. The van der Waals surface area contributed by atoms with Gasteiger partial charge in [0.05, 0.1) is 0 Å². The van der Waals surface area contributed by atoms with E-state index in [1.807, 2.05) is 12.1 Å². The molecule has 0 saturated heterocycles. The number of esters is 1. The molecule has 2 aromatic rings. The Hall–Kier alpha value is -2.66. The Bertz CT molecular complexity index is 1250. The van der Waals surface area contributed by atoms with E-state index in [4.69, 9.17) is 9.47 Å². The van der Waals surface area contributed by atoms with Crippen LogP contribution in [0.2, 0.25) is 0 Å². The maximum atomic E-state index is 13.2. The normalized spacial score (nSPS) is 15.4. The third-order valence-corrected chi connectivity index (χ3v) is 9.56. The molecule has 3 rings (SSSR count). The van der Waals surface area contributed by atoms with Gasteiger partial charge in [0, 0.05) is 17.5 Å². The zero-order valence-corrected chi connectivity index (χ0v) is 30.7. The van der Waals surface area contributed by atoms with Crippen molar-refractivity contribution in [2.24, 2.45) is 0 Å². The molecule has 5 nitrogen and oxygen atoms in total. The number of carbonyl (C=O) groups excluding carboxylic acids is 2. The summed E-state index contributed by atoms with van der Waals surface area (Å²) in [6.45, 7) is 15.2.